The zero-order chi connectivity index (χ0) is 32.7. The number of hydrogen-bond acceptors (Lipinski definition) is 12. The molecule has 0 bridgehead atoms. The Labute approximate surface area is 249 Å². The van der Waals surface area contributed by atoms with Gasteiger partial charge in [0.05, 0.1) is 30.3 Å². The van der Waals surface area contributed by atoms with Crippen molar-refractivity contribution in [2.45, 2.75) is 84.4 Å². The van der Waals surface area contributed by atoms with Gasteiger partial charge < -0.3 is 38.8 Å². The summed E-state index contributed by atoms with van der Waals surface area (Å²) in [7, 11) is 3.75. The predicted octanol–water partition coefficient (Wildman–Crippen LogP) is 4.80. The van der Waals surface area contributed by atoms with E-state index in [-0.39, 0.29) is 31.0 Å². The van der Waals surface area contributed by atoms with Crippen molar-refractivity contribution in [3.05, 3.63) is 24.2 Å². The number of carbonyl (C=O) groups is 3. The number of rotatable bonds is 8. The second kappa shape index (κ2) is 17.3. The van der Waals surface area contributed by atoms with Gasteiger partial charge in [-0.2, -0.15) is 10.4 Å². The summed E-state index contributed by atoms with van der Waals surface area (Å²) in [6.07, 6.45) is -0.260. The first kappa shape index (κ1) is 36.4. The quantitative estimate of drug-likeness (QED) is 0.178. The van der Waals surface area contributed by atoms with Gasteiger partial charge in [0.1, 0.15) is 30.6 Å². The second-order valence-electron chi connectivity index (χ2n) is 10.2. The van der Waals surface area contributed by atoms with Crippen molar-refractivity contribution < 1.29 is 48.3 Å². The minimum Gasteiger partial charge on any atom is -0.450 e. The monoisotopic (exact) mass is 608 g/mol. The smallest absolute Gasteiger partial charge is 0.450 e. The van der Waals surface area contributed by atoms with Crippen LogP contribution in [0.3, 0.4) is 0 Å². The summed E-state index contributed by atoms with van der Waals surface area (Å²) in [5.74, 6) is 0.532. The average Bonchev–Trinajstić information content (AvgIpc) is 3.50. The Hall–Kier alpha value is -4.65. The predicted molar refractivity (Wildman–Crippen MR) is 152 cm³/mol. The Morgan fingerprint density at radius 1 is 1.12 bits per heavy atom. The molecule has 0 saturated carbocycles. The van der Waals surface area contributed by atoms with Gasteiger partial charge in [0.15, 0.2) is 11.4 Å². The van der Waals surface area contributed by atoms with Crippen molar-refractivity contribution in [1.29, 1.82) is 5.26 Å². The summed E-state index contributed by atoms with van der Waals surface area (Å²) in [5, 5.41) is 29.7. The topological polar surface area (TPSA) is 207 Å². The second-order valence-corrected chi connectivity index (χ2v) is 10.2. The third-order valence-electron chi connectivity index (χ3n) is 5.01. The zero-order valence-electron chi connectivity index (χ0n) is 25.6. The van der Waals surface area contributed by atoms with Gasteiger partial charge >= 0.3 is 18.5 Å². The molecule has 2 atom stereocenters. The molecule has 3 heterocycles. The molecule has 0 radical (unpaired) electrons. The lowest BCUT2D eigenvalue weighted by Crippen LogP contribution is -2.34. The molecule has 1 aliphatic rings. The Kier molecular flexibility index (Phi) is 14.7. The van der Waals surface area contributed by atoms with E-state index in [1.165, 1.54) is 6.33 Å². The first-order valence-electron chi connectivity index (χ1n) is 13.3. The molecule has 1 saturated heterocycles. The zero-order valence-corrected chi connectivity index (χ0v) is 25.6. The number of carboxylic acid groups (broad SMARTS) is 2. The standard InChI is InChI=1S/C19H24N6O4.2C4H8O3/c1-13(2)28-18(26)27-10-19(9-20)8-7-16(29-19)14-5-6-15-17(22-12-24(3)4)21-11-23-25(14)15;2*1-3(2)7-4(5)6/h5-6,11-13,16H,7-8,10H2,1-4H3;2*3H,1-2H3,(H,5,6)/t16-,19-;;/m1../s1. The van der Waals surface area contributed by atoms with Crippen LogP contribution in [-0.2, 0) is 23.7 Å². The van der Waals surface area contributed by atoms with E-state index in [0.29, 0.717) is 18.7 Å². The minimum absolute atomic E-state index is 0.192. The number of aliphatic imine (C=N–C) groups is 1. The summed E-state index contributed by atoms with van der Waals surface area (Å²) in [5.41, 5.74) is 0.296. The molecule has 0 spiro atoms. The molecule has 1 fully saturated rings. The van der Waals surface area contributed by atoms with Crippen LogP contribution >= 0.6 is 0 Å². The van der Waals surface area contributed by atoms with Crippen molar-refractivity contribution in [3.8, 4) is 6.07 Å². The lowest BCUT2D eigenvalue weighted by atomic mass is 10.0. The summed E-state index contributed by atoms with van der Waals surface area (Å²) >= 11 is 0. The van der Waals surface area contributed by atoms with Crippen LogP contribution in [0.4, 0.5) is 20.2 Å². The first-order valence-corrected chi connectivity index (χ1v) is 13.3. The molecule has 0 aliphatic carbocycles. The van der Waals surface area contributed by atoms with Gasteiger partial charge in [-0.05, 0) is 66.5 Å². The van der Waals surface area contributed by atoms with Crippen molar-refractivity contribution >= 4 is 36.1 Å². The maximum atomic E-state index is 11.7. The molecule has 1 aliphatic heterocycles. The van der Waals surface area contributed by atoms with Crippen LogP contribution < -0.4 is 0 Å². The fourth-order valence-electron chi connectivity index (χ4n) is 3.44. The van der Waals surface area contributed by atoms with Crippen molar-refractivity contribution in [2.75, 3.05) is 20.7 Å². The molecule has 0 aromatic carbocycles. The van der Waals surface area contributed by atoms with Crippen LogP contribution in [0.25, 0.3) is 5.52 Å². The van der Waals surface area contributed by atoms with Crippen molar-refractivity contribution in [2.24, 2.45) is 4.99 Å². The SMILES string of the molecule is CC(C)OC(=O)O.CC(C)OC(=O)O.CC(C)OC(=O)OC[C@]1(C#N)CC[C@H](c2ccc3c(N=CN(C)C)ncnn23)O1. The fraction of sp³-hybridized carbons (Fsp3) is 0.593. The molecule has 0 amide bonds. The summed E-state index contributed by atoms with van der Waals surface area (Å²) in [4.78, 5) is 41.2. The van der Waals surface area contributed by atoms with E-state index >= 15 is 0 Å². The number of nitriles is 1. The Morgan fingerprint density at radius 2 is 1.70 bits per heavy atom. The molecule has 43 heavy (non-hydrogen) atoms. The fourth-order valence-corrected chi connectivity index (χ4v) is 3.44. The van der Waals surface area contributed by atoms with Crippen LogP contribution in [0.5, 0.6) is 0 Å². The first-order chi connectivity index (χ1) is 20.1. The van der Waals surface area contributed by atoms with E-state index in [4.69, 9.17) is 24.4 Å². The van der Waals surface area contributed by atoms with Gasteiger partial charge in [-0.3, -0.25) is 0 Å². The van der Waals surface area contributed by atoms with Crippen LogP contribution in [-0.4, -0.2) is 99.1 Å². The number of aromatic nitrogens is 3. The Bertz CT molecular complexity index is 1250. The van der Waals surface area contributed by atoms with Crippen LogP contribution in [0.15, 0.2) is 23.5 Å². The number of carbonyl (C=O) groups excluding carboxylic acids is 1. The Morgan fingerprint density at radius 3 is 2.16 bits per heavy atom. The van der Waals surface area contributed by atoms with Gasteiger partial charge in [-0.1, -0.05) is 0 Å². The van der Waals surface area contributed by atoms with Gasteiger partial charge in [0.2, 0.25) is 0 Å². The van der Waals surface area contributed by atoms with Crippen LogP contribution in [0, 0.1) is 11.3 Å². The normalized spacial score (nSPS) is 17.5. The summed E-state index contributed by atoms with van der Waals surface area (Å²) in [6, 6.07) is 5.89. The van der Waals surface area contributed by atoms with E-state index in [2.05, 4.69) is 30.6 Å². The molecule has 2 aromatic rings. The highest BCUT2D eigenvalue weighted by Gasteiger charge is 2.43. The highest BCUT2D eigenvalue weighted by molar-refractivity contribution is 5.70. The number of nitrogens with zero attached hydrogens (tertiary/aromatic N) is 6. The molecular formula is C27H40N6O10. The lowest BCUT2D eigenvalue weighted by molar-refractivity contribution is -0.0584. The highest BCUT2D eigenvalue weighted by Crippen LogP contribution is 2.40. The van der Waals surface area contributed by atoms with Crippen molar-refractivity contribution in [3.63, 3.8) is 0 Å². The van der Waals surface area contributed by atoms with E-state index in [0.717, 1.165) is 11.2 Å². The molecule has 0 unspecified atom stereocenters. The van der Waals surface area contributed by atoms with E-state index < -0.39 is 24.1 Å². The summed E-state index contributed by atoms with van der Waals surface area (Å²) in [6.45, 7) is 9.90. The third-order valence-corrected chi connectivity index (χ3v) is 5.01. The molecule has 16 heteroatoms. The lowest BCUT2D eigenvalue weighted by Gasteiger charge is -2.21. The minimum atomic E-state index is -1.22. The third kappa shape index (κ3) is 13.3. The molecule has 2 aromatic heterocycles. The number of fused-ring (bicyclic) bond motifs is 1. The molecule has 16 nitrogen and oxygen atoms in total. The summed E-state index contributed by atoms with van der Waals surface area (Å²) < 4.78 is 26.1. The van der Waals surface area contributed by atoms with E-state index in [1.54, 1.807) is 52.4 Å². The van der Waals surface area contributed by atoms with Gasteiger partial charge in [0, 0.05) is 14.1 Å². The van der Waals surface area contributed by atoms with Crippen molar-refractivity contribution in [1.82, 2.24) is 19.5 Å². The average molecular weight is 609 g/mol. The molecule has 238 valence electrons. The molecular weight excluding hydrogens is 568 g/mol. The molecule has 2 N–H and O–H groups in total. The highest BCUT2D eigenvalue weighted by atomic mass is 16.7. The largest absolute Gasteiger partial charge is 0.508 e. The van der Waals surface area contributed by atoms with Crippen LogP contribution in [0.2, 0.25) is 0 Å². The van der Waals surface area contributed by atoms with Gasteiger partial charge in [0.25, 0.3) is 0 Å². The van der Waals surface area contributed by atoms with Gasteiger partial charge in [-0.25, -0.2) is 28.9 Å². The van der Waals surface area contributed by atoms with Gasteiger partial charge in [-0.15, -0.1) is 0 Å². The maximum absolute atomic E-state index is 11.7. The maximum Gasteiger partial charge on any atom is 0.508 e. The van der Waals surface area contributed by atoms with E-state index in [9.17, 15) is 19.6 Å². The molecule has 3 rings (SSSR count). The number of ether oxygens (including phenoxy) is 5. The van der Waals surface area contributed by atoms with E-state index in [1.807, 2.05) is 31.1 Å². The Balaban J connectivity index is 0.000000548. The number of hydrogen-bond donors (Lipinski definition) is 2. The van der Waals surface area contributed by atoms with Crippen LogP contribution in [0.1, 0.15) is 66.2 Å².